The van der Waals surface area contributed by atoms with Gasteiger partial charge in [-0.3, -0.25) is 9.59 Å². The highest BCUT2D eigenvalue weighted by atomic mass is 16.5. The number of hydrogen-bond acceptors (Lipinski definition) is 4. The highest BCUT2D eigenvalue weighted by molar-refractivity contribution is 5.92. The Bertz CT molecular complexity index is 802. The molecule has 1 aromatic heterocycles. The number of aromatic nitrogens is 1. The van der Waals surface area contributed by atoms with E-state index in [1.54, 1.807) is 4.90 Å². The molecule has 2 aromatic rings. The number of carbonyl (C=O) groups is 2. The summed E-state index contributed by atoms with van der Waals surface area (Å²) in [6, 6.07) is 11.7. The summed E-state index contributed by atoms with van der Waals surface area (Å²) in [5.74, 6) is 0.415. The van der Waals surface area contributed by atoms with Gasteiger partial charge in [0.15, 0.2) is 0 Å². The molecular weight excluding hydrogens is 342 g/mol. The highest BCUT2D eigenvalue weighted by Gasteiger charge is 2.49. The molecule has 0 unspecified atom stereocenters. The Labute approximate surface area is 159 Å². The molecule has 6 nitrogen and oxygen atoms in total. The van der Waals surface area contributed by atoms with Crippen LogP contribution in [0.5, 0.6) is 0 Å². The first-order valence-electron chi connectivity index (χ1n) is 9.56. The van der Waals surface area contributed by atoms with Crippen LogP contribution in [0.3, 0.4) is 0 Å². The lowest BCUT2D eigenvalue weighted by Gasteiger charge is -2.36. The third-order valence-electron chi connectivity index (χ3n) is 5.38. The molecule has 0 aliphatic carbocycles. The fraction of sp³-hybridized carbons (Fsp3) is 0.476. The van der Waals surface area contributed by atoms with Crippen molar-refractivity contribution in [1.82, 2.24) is 15.4 Å². The lowest BCUT2D eigenvalue weighted by atomic mass is 9.88. The van der Waals surface area contributed by atoms with Gasteiger partial charge in [0.1, 0.15) is 17.0 Å². The Morgan fingerprint density at radius 3 is 2.74 bits per heavy atom. The predicted octanol–water partition coefficient (Wildman–Crippen LogP) is 3.18. The molecule has 2 atom stereocenters. The van der Waals surface area contributed by atoms with E-state index in [9.17, 15) is 9.59 Å². The average molecular weight is 369 g/mol. The Balaban J connectivity index is 1.89. The Morgan fingerprint density at radius 2 is 2.07 bits per heavy atom. The van der Waals surface area contributed by atoms with Crippen LogP contribution < -0.4 is 5.32 Å². The van der Waals surface area contributed by atoms with Crippen LogP contribution >= 0.6 is 0 Å². The zero-order valence-corrected chi connectivity index (χ0v) is 16.2. The summed E-state index contributed by atoms with van der Waals surface area (Å²) in [5.41, 5.74) is 0.777. The number of nitrogens with one attached hydrogen (secondary N) is 1. The largest absolute Gasteiger partial charge is 0.361 e. The minimum Gasteiger partial charge on any atom is -0.361 e. The summed E-state index contributed by atoms with van der Waals surface area (Å²) < 4.78 is 5.55. The quantitative estimate of drug-likeness (QED) is 0.848. The molecule has 3 rings (SSSR count). The topological polar surface area (TPSA) is 75.4 Å². The van der Waals surface area contributed by atoms with Crippen molar-refractivity contribution in [3.8, 4) is 11.3 Å². The second-order valence-corrected chi connectivity index (χ2v) is 7.31. The van der Waals surface area contributed by atoms with E-state index in [0.29, 0.717) is 25.1 Å². The molecule has 0 saturated carbocycles. The van der Waals surface area contributed by atoms with Gasteiger partial charge in [0, 0.05) is 37.6 Å². The monoisotopic (exact) mass is 369 g/mol. The molecule has 1 aliphatic rings. The maximum absolute atomic E-state index is 13.2. The van der Waals surface area contributed by atoms with E-state index in [1.165, 1.54) is 6.92 Å². The van der Waals surface area contributed by atoms with Gasteiger partial charge in [0.25, 0.3) is 0 Å². The Kier molecular flexibility index (Phi) is 5.63. The summed E-state index contributed by atoms with van der Waals surface area (Å²) in [6.45, 7) is 6.10. The van der Waals surface area contributed by atoms with E-state index in [4.69, 9.17) is 4.52 Å². The first kappa shape index (κ1) is 19.1. The van der Waals surface area contributed by atoms with Gasteiger partial charge < -0.3 is 14.7 Å². The molecule has 144 valence electrons. The van der Waals surface area contributed by atoms with Gasteiger partial charge >= 0.3 is 0 Å². The number of benzene rings is 1. The highest BCUT2D eigenvalue weighted by Crippen LogP contribution is 2.34. The zero-order chi connectivity index (χ0) is 19.4. The van der Waals surface area contributed by atoms with Crippen molar-refractivity contribution in [2.75, 3.05) is 6.54 Å². The summed E-state index contributed by atoms with van der Waals surface area (Å²) >= 11 is 0. The van der Waals surface area contributed by atoms with Crippen molar-refractivity contribution in [2.24, 2.45) is 0 Å². The third-order valence-corrected chi connectivity index (χ3v) is 5.38. The molecule has 0 bridgehead atoms. The average Bonchev–Trinajstić information content (AvgIpc) is 3.30. The lowest BCUT2D eigenvalue weighted by molar-refractivity contribution is -0.144. The van der Waals surface area contributed by atoms with Gasteiger partial charge in [0.2, 0.25) is 11.8 Å². The van der Waals surface area contributed by atoms with Crippen LogP contribution in [0.4, 0.5) is 0 Å². The van der Waals surface area contributed by atoms with E-state index in [0.717, 1.165) is 24.1 Å². The molecule has 1 saturated heterocycles. The molecule has 1 N–H and O–H groups in total. The standard InChI is InChI=1S/C21H27N3O3/c1-4-15(2)22-20(26)21(11-8-12-24(21)16(3)25)14-18-13-19(23-27-18)17-9-6-5-7-10-17/h5-7,9-10,13,15H,4,8,11-12,14H2,1-3H3,(H,22,26)/t15-,21+/m1/s1. The van der Waals surface area contributed by atoms with Gasteiger partial charge in [0.05, 0.1) is 0 Å². The summed E-state index contributed by atoms with van der Waals surface area (Å²) in [6.07, 6.45) is 2.58. The molecule has 1 aromatic carbocycles. The second kappa shape index (κ2) is 7.94. The fourth-order valence-electron chi connectivity index (χ4n) is 3.73. The Hall–Kier alpha value is -2.63. The molecule has 0 radical (unpaired) electrons. The smallest absolute Gasteiger partial charge is 0.246 e. The van der Waals surface area contributed by atoms with E-state index >= 15 is 0 Å². The van der Waals surface area contributed by atoms with Gasteiger partial charge in [-0.15, -0.1) is 0 Å². The summed E-state index contributed by atoms with van der Waals surface area (Å²) in [7, 11) is 0. The molecule has 2 heterocycles. The number of nitrogens with zero attached hydrogens (tertiary/aromatic N) is 2. The predicted molar refractivity (Wildman–Crippen MR) is 103 cm³/mol. The van der Waals surface area contributed by atoms with E-state index < -0.39 is 5.54 Å². The van der Waals surface area contributed by atoms with Crippen molar-refractivity contribution in [3.63, 3.8) is 0 Å². The number of rotatable bonds is 6. The van der Waals surface area contributed by atoms with Crippen molar-refractivity contribution in [1.29, 1.82) is 0 Å². The first-order chi connectivity index (χ1) is 13.0. The molecule has 27 heavy (non-hydrogen) atoms. The van der Waals surface area contributed by atoms with Crippen LogP contribution in [-0.2, 0) is 16.0 Å². The van der Waals surface area contributed by atoms with Gasteiger partial charge in [-0.05, 0) is 26.2 Å². The normalized spacial score (nSPS) is 20.5. The van der Waals surface area contributed by atoms with E-state index in [2.05, 4.69) is 10.5 Å². The molecule has 6 heteroatoms. The van der Waals surface area contributed by atoms with E-state index in [1.807, 2.05) is 50.2 Å². The number of amides is 2. The van der Waals surface area contributed by atoms with Crippen molar-refractivity contribution < 1.29 is 14.1 Å². The van der Waals surface area contributed by atoms with Crippen LogP contribution in [0.1, 0.15) is 45.8 Å². The van der Waals surface area contributed by atoms with Gasteiger partial charge in [-0.2, -0.15) is 0 Å². The SMILES string of the molecule is CC[C@@H](C)NC(=O)[C@@]1(Cc2cc(-c3ccccc3)no2)CCCN1C(C)=O. The molecule has 1 fully saturated rings. The van der Waals surface area contributed by atoms with Crippen LogP contribution in [0.25, 0.3) is 11.3 Å². The van der Waals surface area contributed by atoms with Crippen molar-refractivity contribution >= 4 is 11.8 Å². The maximum Gasteiger partial charge on any atom is 0.246 e. The number of likely N-dealkylation sites (tertiary alicyclic amines) is 1. The fourth-order valence-corrected chi connectivity index (χ4v) is 3.73. The molecule has 2 amide bonds. The minimum absolute atomic E-state index is 0.0541. The Morgan fingerprint density at radius 1 is 1.33 bits per heavy atom. The second-order valence-electron chi connectivity index (χ2n) is 7.31. The zero-order valence-electron chi connectivity index (χ0n) is 16.2. The van der Waals surface area contributed by atoms with Crippen molar-refractivity contribution in [2.45, 2.75) is 58.0 Å². The number of carbonyl (C=O) groups excluding carboxylic acids is 2. The van der Waals surface area contributed by atoms with Crippen LogP contribution in [0.2, 0.25) is 0 Å². The van der Waals surface area contributed by atoms with Crippen LogP contribution in [-0.4, -0.2) is 40.0 Å². The summed E-state index contributed by atoms with van der Waals surface area (Å²) in [4.78, 5) is 27.1. The van der Waals surface area contributed by atoms with Gasteiger partial charge in [-0.25, -0.2) is 0 Å². The minimum atomic E-state index is -0.914. The van der Waals surface area contributed by atoms with Crippen LogP contribution in [0, 0.1) is 0 Å². The summed E-state index contributed by atoms with van der Waals surface area (Å²) in [5, 5.41) is 7.22. The van der Waals surface area contributed by atoms with E-state index in [-0.39, 0.29) is 17.9 Å². The van der Waals surface area contributed by atoms with Crippen molar-refractivity contribution in [3.05, 3.63) is 42.2 Å². The molecule has 1 aliphatic heterocycles. The third kappa shape index (κ3) is 3.89. The lowest BCUT2D eigenvalue weighted by Crippen LogP contribution is -2.59. The molecule has 0 spiro atoms. The number of hydrogen-bond donors (Lipinski definition) is 1. The first-order valence-corrected chi connectivity index (χ1v) is 9.56. The van der Waals surface area contributed by atoms with Crippen LogP contribution in [0.15, 0.2) is 40.9 Å². The van der Waals surface area contributed by atoms with Gasteiger partial charge in [-0.1, -0.05) is 42.4 Å². The maximum atomic E-state index is 13.2. The molecular formula is C21H27N3O3.